The van der Waals surface area contributed by atoms with Gasteiger partial charge in [0.15, 0.2) is 0 Å². The standard InChI is InChI=1S/C26H16F9NO3.Na/c27-14-9-19(28)18(20(29)10-14)11-39-23-5-4-12(25(30,31)32)6-17(23)15-2-1-3-16(15)21-7-13(26(33,34)35)8-22(36-21)24(37)38;/h4-10H,1-3,11H2,(H,37,38);/q;+1/p-1. The average molecular weight is 583 g/mol. The number of benzene rings is 2. The third kappa shape index (κ3) is 6.81. The zero-order valence-corrected chi connectivity index (χ0v) is 22.4. The molecule has 14 heteroatoms. The predicted molar refractivity (Wildman–Crippen MR) is 116 cm³/mol. The van der Waals surface area contributed by atoms with Crippen molar-refractivity contribution in [3.8, 4) is 5.75 Å². The van der Waals surface area contributed by atoms with Gasteiger partial charge in [-0.2, -0.15) is 26.3 Å². The number of allylic oxidation sites excluding steroid dienone is 2. The topological polar surface area (TPSA) is 62.2 Å². The molecule has 0 unspecified atom stereocenters. The van der Waals surface area contributed by atoms with E-state index >= 15 is 0 Å². The van der Waals surface area contributed by atoms with Gasteiger partial charge in [-0.25, -0.2) is 18.2 Å². The van der Waals surface area contributed by atoms with Gasteiger partial charge in [0, 0.05) is 17.7 Å². The molecule has 0 N–H and O–H groups in total. The minimum Gasteiger partial charge on any atom is -0.543 e. The van der Waals surface area contributed by atoms with Gasteiger partial charge in [-0.05, 0) is 60.7 Å². The number of hydrogen-bond acceptors (Lipinski definition) is 4. The number of alkyl halides is 6. The third-order valence-electron chi connectivity index (χ3n) is 6.00. The molecule has 0 atom stereocenters. The molecule has 0 spiro atoms. The van der Waals surface area contributed by atoms with Crippen molar-refractivity contribution in [2.45, 2.75) is 38.2 Å². The molecular formula is C26H15F9NNaO3. The van der Waals surface area contributed by atoms with Gasteiger partial charge in [0.1, 0.15) is 29.8 Å². The molecule has 206 valence electrons. The predicted octanol–water partition coefficient (Wildman–Crippen LogP) is 3.58. The number of carboxylic acid groups (broad SMARTS) is 1. The quantitative estimate of drug-likeness (QED) is 0.329. The van der Waals surface area contributed by atoms with Crippen LogP contribution < -0.4 is 39.4 Å². The van der Waals surface area contributed by atoms with Gasteiger partial charge in [0.2, 0.25) is 0 Å². The summed E-state index contributed by atoms with van der Waals surface area (Å²) in [7, 11) is 0. The fraction of sp³-hybridized carbons (Fsp3) is 0.231. The van der Waals surface area contributed by atoms with Crippen LogP contribution in [0.15, 0.2) is 42.5 Å². The van der Waals surface area contributed by atoms with Crippen molar-refractivity contribution in [3.63, 3.8) is 0 Å². The fourth-order valence-corrected chi connectivity index (χ4v) is 4.20. The number of carboxylic acids is 1. The van der Waals surface area contributed by atoms with Crippen molar-refractivity contribution in [2.75, 3.05) is 0 Å². The Morgan fingerprint density at radius 2 is 1.45 bits per heavy atom. The second-order valence-electron chi connectivity index (χ2n) is 8.57. The van der Waals surface area contributed by atoms with Gasteiger partial charge in [0.25, 0.3) is 0 Å². The molecule has 1 heterocycles. The van der Waals surface area contributed by atoms with Gasteiger partial charge in [0.05, 0.1) is 34.0 Å². The molecule has 2 aromatic carbocycles. The number of ether oxygens (including phenoxy) is 1. The maximum Gasteiger partial charge on any atom is 1.00 e. The number of carbonyl (C=O) groups is 1. The molecule has 0 bridgehead atoms. The van der Waals surface area contributed by atoms with Crippen molar-refractivity contribution in [3.05, 3.63) is 93.6 Å². The first-order valence-corrected chi connectivity index (χ1v) is 11.2. The monoisotopic (exact) mass is 583 g/mol. The maximum absolute atomic E-state index is 14.1. The summed E-state index contributed by atoms with van der Waals surface area (Å²) in [6.45, 7) is -0.852. The Bertz CT molecular complexity index is 1460. The van der Waals surface area contributed by atoms with Gasteiger partial charge < -0.3 is 14.6 Å². The molecule has 1 aliphatic rings. The maximum atomic E-state index is 14.1. The van der Waals surface area contributed by atoms with E-state index < -0.39 is 70.5 Å². The molecule has 40 heavy (non-hydrogen) atoms. The van der Waals surface area contributed by atoms with Crippen molar-refractivity contribution in [2.24, 2.45) is 0 Å². The zero-order valence-electron chi connectivity index (χ0n) is 20.4. The third-order valence-corrected chi connectivity index (χ3v) is 6.00. The molecule has 4 nitrogen and oxygen atoms in total. The van der Waals surface area contributed by atoms with Crippen LogP contribution in [0, 0.1) is 17.5 Å². The van der Waals surface area contributed by atoms with E-state index in [1.165, 1.54) is 0 Å². The Balaban J connectivity index is 0.00000441. The van der Waals surface area contributed by atoms with Crippen LogP contribution in [0.5, 0.6) is 5.75 Å². The number of aromatic carboxylic acids is 1. The number of nitrogens with zero attached hydrogens (tertiary/aromatic N) is 1. The minimum atomic E-state index is -4.96. The van der Waals surface area contributed by atoms with E-state index in [0.29, 0.717) is 30.3 Å². The number of carbonyl (C=O) groups excluding carboxylic acids is 1. The summed E-state index contributed by atoms with van der Waals surface area (Å²) in [4.78, 5) is 15.0. The van der Waals surface area contributed by atoms with Crippen LogP contribution >= 0.6 is 0 Å². The first-order chi connectivity index (χ1) is 18.1. The van der Waals surface area contributed by atoms with Gasteiger partial charge >= 0.3 is 41.9 Å². The van der Waals surface area contributed by atoms with Crippen molar-refractivity contribution in [1.29, 1.82) is 0 Å². The summed E-state index contributed by atoms with van der Waals surface area (Å²) in [6, 6.07) is 3.82. The molecule has 0 fully saturated rings. The molecule has 1 aliphatic carbocycles. The summed E-state index contributed by atoms with van der Waals surface area (Å²) in [5.74, 6) is -6.09. The van der Waals surface area contributed by atoms with E-state index in [2.05, 4.69) is 4.98 Å². The number of pyridine rings is 1. The van der Waals surface area contributed by atoms with Gasteiger partial charge in [-0.3, -0.25) is 0 Å². The zero-order chi connectivity index (χ0) is 28.7. The molecule has 0 radical (unpaired) electrons. The Kier molecular flexibility index (Phi) is 9.32. The van der Waals surface area contributed by atoms with Crippen molar-refractivity contribution < 1.29 is 83.7 Å². The normalized spacial score (nSPS) is 13.8. The summed E-state index contributed by atoms with van der Waals surface area (Å²) < 4.78 is 128. The molecule has 0 saturated heterocycles. The first-order valence-electron chi connectivity index (χ1n) is 11.2. The van der Waals surface area contributed by atoms with E-state index in [-0.39, 0.29) is 77.3 Å². The Morgan fingerprint density at radius 3 is 2.02 bits per heavy atom. The van der Waals surface area contributed by atoms with Gasteiger partial charge in [-0.15, -0.1) is 0 Å². The van der Waals surface area contributed by atoms with Crippen LogP contribution in [0.25, 0.3) is 11.1 Å². The SMILES string of the molecule is O=C([O-])c1cc(C(F)(F)F)cc(C2=C(c3cc(C(F)(F)F)ccc3OCc3c(F)cc(F)cc3F)CCC2)n1.[Na+]. The first kappa shape index (κ1) is 31.5. The van der Waals surface area contributed by atoms with Gasteiger partial charge in [-0.1, -0.05) is 0 Å². The molecule has 0 amide bonds. The van der Waals surface area contributed by atoms with E-state index in [1.807, 2.05) is 0 Å². The van der Waals surface area contributed by atoms with Crippen LogP contribution in [0.1, 0.15) is 57.7 Å². The van der Waals surface area contributed by atoms with Crippen LogP contribution in [0.3, 0.4) is 0 Å². The Hall–Kier alpha value is -3.03. The van der Waals surface area contributed by atoms with E-state index in [1.54, 1.807) is 0 Å². The summed E-state index contributed by atoms with van der Waals surface area (Å²) in [5.41, 5.74) is -4.80. The van der Waals surface area contributed by atoms with Crippen LogP contribution in [-0.4, -0.2) is 11.0 Å². The molecule has 0 aliphatic heterocycles. The largest absolute Gasteiger partial charge is 1.00 e. The molecule has 1 aromatic heterocycles. The fourth-order valence-electron chi connectivity index (χ4n) is 4.20. The molecule has 4 rings (SSSR count). The molecule has 3 aromatic rings. The summed E-state index contributed by atoms with van der Waals surface area (Å²) in [5, 5.41) is 11.3. The van der Waals surface area contributed by atoms with Crippen LogP contribution in [-0.2, 0) is 19.0 Å². The number of rotatable bonds is 6. The number of aromatic nitrogens is 1. The van der Waals surface area contributed by atoms with Crippen LogP contribution in [0.4, 0.5) is 39.5 Å². The van der Waals surface area contributed by atoms with E-state index in [9.17, 15) is 49.4 Å². The molecule has 0 saturated carbocycles. The van der Waals surface area contributed by atoms with Crippen molar-refractivity contribution >= 4 is 17.1 Å². The van der Waals surface area contributed by atoms with E-state index in [4.69, 9.17) is 4.74 Å². The second-order valence-corrected chi connectivity index (χ2v) is 8.57. The number of halogens is 9. The smallest absolute Gasteiger partial charge is 0.543 e. The molecular weight excluding hydrogens is 568 g/mol. The second kappa shape index (κ2) is 11.8. The van der Waals surface area contributed by atoms with Crippen molar-refractivity contribution in [1.82, 2.24) is 4.98 Å². The summed E-state index contributed by atoms with van der Waals surface area (Å²) >= 11 is 0. The minimum absolute atomic E-state index is 0. The Labute approximate surface area is 242 Å². The Morgan fingerprint density at radius 1 is 0.850 bits per heavy atom. The average Bonchev–Trinajstić information content (AvgIpc) is 3.32. The number of hydrogen-bond donors (Lipinski definition) is 0. The van der Waals surface area contributed by atoms with E-state index in [0.717, 1.165) is 6.07 Å². The van der Waals surface area contributed by atoms with Crippen LogP contribution in [0.2, 0.25) is 0 Å². The summed E-state index contributed by atoms with van der Waals surface area (Å²) in [6.07, 6.45) is -9.45.